The SMILES string of the molecule is CC1(F)CC(N2CCN(C(C)(C)C)CC2)C1. The van der Waals surface area contributed by atoms with E-state index in [9.17, 15) is 4.39 Å². The average Bonchev–Trinajstić information content (AvgIpc) is 2.13. The Morgan fingerprint density at radius 3 is 1.94 bits per heavy atom. The molecule has 0 spiro atoms. The van der Waals surface area contributed by atoms with Crippen LogP contribution in [0, 0.1) is 0 Å². The average molecular weight is 228 g/mol. The van der Waals surface area contributed by atoms with Crippen LogP contribution in [0.15, 0.2) is 0 Å². The molecule has 0 unspecified atom stereocenters. The summed E-state index contributed by atoms with van der Waals surface area (Å²) in [6, 6.07) is 0.511. The summed E-state index contributed by atoms with van der Waals surface area (Å²) in [5.74, 6) is 0. The fourth-order valence-corrected chi connectivity index (χ4v) is 2.94. The quantitative estimate of drug-likeness (QED) is 0.679. The molecule has 0 aromatic rings. The molecule has 16 heavy (non-hydrogen) atoms. The van der Waals surface area contributed by atoms with E-state index < -0.39 is 5.67 Å². The van der Waals surface area contributed by atoms with Crippen molar-refractivity contribution >= 4 is 0 Å². The van der Waals surface area contributed by atoms with E-state index in [-0.39, 0.29) is 5.54 Å². The number of hydrogen-bond acceptors (Lipinski definition) is 2. The van der Waals surface area contributed by atoms with Crippen molar-refractivity contribution in [1.82, 2.24) is 9.80 Å². The molecule has 1 heterocycles. The van der Waals surface area contributed by atoms with Crippen LogP contribution in [0.5, 0.6) is 0 Å². The monoisotopic (exact) mass is 228 g/mol. The third-order valence-corrected chi connectivity index (χ3v) is 4.10. The first-order valence-corrected chi connectivity index (χ1v) is 6.46. The minimum absolute atomic E-state index is 0.278. The van der Waals surface area contributed by atoms with Crippen LogP contribution >= 0.6 is 0 Å². The predicted molar refractivity (Wildman–Crippen MR) is 65.4 cm³/mol. The van der Waals surface area contributed by atoms with Gasteiger partial charge in [-0.3, -0.25) is 9.80 Å². The highest BCUT2D eigenvalue weighted by molar-refractivity contribution is 4.98. The summed E-state index contributed by atoms with van der Waals surface area (Å²) < 4.78 is 13.4. The van der Waals surface area contributed by atoms with Crippen molar-refractivity contribution in [2.75, 3.05) is 26.2 Å². The Balaban J connectivity index is 1.78. The highest BCUT2D eigenvalue weighted by atomic mass is 19.1. The summed E-state index contributed by atoms with van der Waals surface area (Å²) in [5.41, 5.74) is -0.605. The van der Waals surface area contributed by atoms with Crippen LogP contribution in [-0.2, 0) is 0 Å². The number of rotatable bonds is 1. The molecule has 1 aliphatic heterocycles. The van der Waals surface area contributed by atoms with E-state index in [2.05, 4.69) is 30.6 Å². The van der Waals surface area contributed by atoms with Gasteiger partial charge in [-0.25, -0.2) is 4.39 Å². The summed E-state index contributed by atoms with van der Waals surface area (Å²) >= 11 is 0. The van der Waals surface area contributed by atoms with Gasteiger partial charge < -0.3 is 0 Å². The molecule has 0 aromatic carbocycles. The Hall–Kier alpha value is -0.150. The lowest BCUT2D eigenvalue weighted by Crippen LogP contribution is -2.59. The van der Waals surface area contributed by atoms with E-state index >= 15 is 0 Å². The highest BCUT2D eigenvalue weighted by Gasteiger charge is 2.44. The normalized spacial score (nSPS) is 38.4. The summed E-state index contributed by atoms with van der Waals surface area (Å²) in [7, 11) is 0. The number of nitrogens with zero attached hydrogens (tertiary/aromatic N) is 2. The molecule has 0 bridgehead atoms. The molecule has 2 fully saturated rings. The van der Waals surface area contributed by atoms with Crippen LogP contribution in [0.25, 0.3) is 0 Å². The standard InChI is InChI=1S/C13H25FN2/c1-12(2,3)16-7-5-15(6-8-16)11-9-13(4,14)10-11/h11H,5-10H2,1-4H3. The minimum atomic E-state index is -0.883. The summed E-state index contributed by atoms with van der Waals surface area (Å²) in [6.07, 6.45) is 1.48. The van der Waals surface area contributed by atoms with Gasteiger partial charge in [-0.15, -0.1) is 0 Å². The Morgan fingerprint density at radius 1 is 1.06 bits per heavy atom. The van der Waals surface area contributed by atoms with Crippen LogP contribution in [-0.4, -0.2) is 53.2 Å². The molecular formula is C13H25FN2. The third-order valence-electron chi connectivity index (χ3n) is 4.10. The molecule has 1 aliphatic carbocycles. The molecule has 2 aliphatic rings. The second-order valence-corrected chi connectivity index (χ2v) is 6.67. The van der Waals surface area contributed by atoms with Gasteiger partial charge in [0.05, 0.1) is 0 Å². The first-order valence-electron chi connectivity index (χ1n) is 6.46. The number of piperazine rings is 1. The molecule has 3 heteroatoms. The summed E-state index contributed by atoms with van der Waals surface area (Å²) in [6.45, 7) is 13.0. The molecule has 2 nitrogen and oxygen atoms in total. The second-order valence-electron chi connectivity index (χ2n) is 6.67. The van der Waals surface area contributed by atoms with Gasteiger partial charge in [0.1, 0.15) is 5.67 Å². The van der Waals surface area contributed by atoms with Gasteiger partial charge in [0.2, 0.25) is 0 Å². The van der Waals surface area contributed by atoms with Crippen LogP contribution < -0.4 is 0 Å². The van der Waals surface area contributed by atoms with Crippen LogP contribution in [0.3, 0.4) is 0 Å². The van der Waals surface area contributed by atoms with Gasteiger partial charge in [0.15, 0.2) is 0 Å². The predicted octanol–water partition coefficient (Wildman–Crippen LogP) is 2.29. The number of halogens is 1. The molecule has 0 N–H and O–H groups in total. The Morgan fingerprint density at radius 2 is 1.56 bits per heavy atom. The molecule has 0 atom stereocenters. The summed E-state index contributed by atoms with van der Waals surface area (Å²) in [5, 5.41) is 0. The first kappa shape index (κ1) is 12.3. The Bertz CT molecular complexity index is 241. The fraction of sp³-hybridized carbons (Fsp3) is 1.00. The maximum Gasteiger partial charge on any atom is 0.111 e. The van der Waals surface area contributed by atoms with Crippen molar-refractivity contribution in [2.24, 2.45) is 0 Å². The van der Waals surface area contributed by atoms with Crippen molar-refractivity contribution in [3.8, 4) is 0 Å². The zero-order chi connectivity index (χ0) is 12.0. The number of hydrogen-bond donors (Lipinski definition) is 0. The molecule has 1 saturated heterocycles. The van der Waals surface area contributed by atoms with E-state index in [0.29, 0.717) is 6.04 Å². The zero-order valence-electron chi connectivity index (χ0n) is 11.1. The lowest BCUT2D eigenvalue weighted by molar-refractivity contribution is -0.0438. The zero-order valence-corrected chi connectivity index (χ0v) is 11.1. The maximum absolute atomic E-state index is 13.4. The molecular weight excluding hydrogens is 203 g/mol. The van der Waals surface area contributed by atoms with Crippen molar-refractivity contribution in [3.63, 3.8) is 0 Å². The van der Waals surface area contributed by atoms with E-state index in [1.54, 1.807) is 6.92 Å². The topological polar surface area (TPSA) is 6.48 Å². The van der Waals surface area contributed by atoms with E-state index in [1.807, 2.05) is 0 Å². The van der Waals surface area contributed by atoms with E-state index in [0.717, 1.165) is 39.0 Å². The van der Waals surface area contributed by atoms with Crippen LogP contribution in [0.1, 0.15) is 40.5 Å². The molecule has 1 saturated carbocycles. The van der Waals surface area contributed by atoms with Crippen molar-refractivity contribution in [2.45, 2.75) is 57.8 Å². The first-order chi connectivity index (χ1) is 7.28. The van der Waals surface area contributed by atoms with E-state index in [1.165, 1.54) is 0 Å². The fourth-order valence-electron chi connectivity index (χ4n) is 2.94. The second kappa shape index (κ2) is 3.95. The van der Waals surface area contributed by atoms with Gasteiger partial charge in [-0.05, 0) is 40.5 Å². The van der Waals surface area contributed by atoms with Crippen molar-refractivity contribution in [1.29, 1.82) is 0 Å². The van der Waals surface area contributed by atoms with Crippen LogP contribution in [0.2, 0.25) is 0 Å². The lowest BCUT2D eigenvalue weighted by Gasteiger charge is -2.50. The summed E-state index contributed by atoms with van der Waals surface area (Å²) in [4.78, 5) is 5.00. The largest absolute Gasteiger partial charge is 0.298 e. The number of alkyl halides is 1. The van der Waals surface area contributed by atoms with Crippen LogP contribution in [0.4, 0.5) is 4.39 Å². The third kappa shape index (κ3) is 2.57. The van der Waals surface area contributed by atoms with Crippen molar-refractivity contribution < 1.29 is 4.39 Å². The van der Waals surface area contributed by atoms with Gasteiger partial charge in [0, 0.05) is 37.8 Å². The maximum atomic E-state index is 13.4. The smallest absolute Gasteiger partial charge is 0.111 e. The minimum Gasteiger partial charge on any atom is -0.298 e. The molecule has 0 aromatic heterocycles. The molecule has 94 valence electrons. The van der Waals surface area contributed by atoms with Gasteiger partial charge in [-0.2, -0.15) is 0 Å². The van der Waals surface area contributed by atoms with Gasteiger partial charge in [0.25, 0.3) is 0 Å². The Kier molecular flexibility index (Phi) is 3.04. The van der Waals surface area contributed by atoms with Gasteiger partial charge >= 0.3 is 0 Å². The molecule has 0 amide bonds. The highest BCUT2D eigenvalue weighted by Crippen LogP contribution is 2.39. The lowest BCUT2D eigenvalue weighted by atomic mass is 9.77. The van der Waals surface area contributed by atoms with Gasteiger partial charge in [-0.1, -0.05) is 0 Å². The molecule has 2 rings (SSSR count). The van der Waals surface area contributed by atoms with Crippen molar-refractivity contribution in [3.05, 3.63) is 0 Å². The molecule has 0 radical (unpaired) electrons. The Labute approximate surface area is 98.8 Å². The van der Waals surface area contributed by atoms with E-state index in [4.69, 9.17) is 0 Å².